The lowest BCUT2D eigenvalue weighted by atomic mass is 10.2. The van der Waals surface area contributed by atoms with Gasteiger partial charge in [0.15, 0.2) is 0 Å². The first-order valence-corrected chi connectivity index (χ1v) is 3.48. The van der Waals surface area contributed by atoms with Crippen molar-refractivity contribution in [3.05, 3.63) is 0 Å². The summed E-state index contributed by atoms with van der Waals surface area (Å²) in [4.78, 5) is 10.0. The topological polar surface area (TPSA) is 26.3 Å². The quantitative estimate of drug-likeness (QED) is 0.507. The van der Waals surface area contributed by atoms with Crippen LogP contribution in [0.3, 0.4) is 0 Å². The minimum Gasteiger partial charge on any atom is -0.378 e. The van der Waals surface area contributed by atoms with E-state index in [4.69, 9.17) is 4.74 Å². The minimum absolute atomic E-state index is 0.468. The lowest BCUT2D eigenvalue weighted by molar-refractivity contribution is -0.108. The van der Waals surface area contributed by atoms with Gasteiger partial charge in [-0.05, 0) is 18.3 Å². The molecule has 50 valence electrons. The Morgan fingerprint density at radius 3 is 3.11 bits per heavy atom. The average molecular weight is 126 g/mol. The Bertz CT molecular complexity index is 123. The maximum atomic E-state index is 10.0. The van der Waals surface area contributed by atoms with Crippen LogP contribution in [-0.2, 0) is 9.53 Å². The average Bonchev–Trinajstić information content (AvgIpc) is 2.39. The Morgan fingerprint density at radius 2 is 2.56 bits per heavy atom. The molecule has 2 aliphatic rings. The van der Waals surface area contributed by atoms with Crippen molar-refractivity contribution in [2.24, 2.45) is 11.8 Å². The van der Waals surface area contributed by atoms with Gasteiger partial charge in [-0.1, -0.05) is 0 Å². The van der Waals surface area contributed by atoms with Crippen LogP contribution in [0.2, 0.25) is 0 Å². The van der Waals surface area contributed by atoms with Gasteiger partial charge in [-0.2, -0.15) is 0 Å². The standard InChI is InChI=1S/C7H10O2/c8-3-1-5-6-2-4-9-7(5)6/h3,5-7H,1-2,4H2. The van der Waals surface area contributed by atoms with E-state index in [-0.39, 0.29) is 0 Å². The summed E-state index contributed by atoms with van der Waals surface area (Å²) in [6.07, 6.45) is 3.38. The number of hydrogen-bond donors (Lipinski definition) is 0. The Kier molecular flexibility index (Phi) is 1.09. The summed E-state index contributed by atoms with van der Waals surface area (Å²) >= 11 is 0. The molecular formula is C7H10O2. The van der Waals surface area contributed by atoms with Crippen LogP contribution in [0.5, 0.6) is 0 Å². The summed E-state index contributed by atoms with van der Waals surface area (Å²) < 4.78 is 5.33. The zero-order valence-corrected chi connectivity index (χ0v) is 5.25. The fourth-order valence-electron chi connectivity index (χ4n) is 1.80. The van der Waals surface area contributed by atoms with Crippen LogP contribution < -0.4 is 0 Å². The van der Waals surface area contributed by atoms with Gasteiger partial charge in [0, 0.05) is 13.0 Å². The zero-order valence-electron chi connectivity index (χ0n) is 5.25. The van der Waals surface area contributed by atoms with Gasteiger partial charge in [0.1, 0.15) is 6.29 Å². The second-order valence-electron chi connectivity index (χ2n) is 2.85. The molecule has 9 heavy (non-hydrogen) atoms. The molecule has 0 spiro atoms. The molecule has 0 N–H and O–H groups in total. The van der Waals surface area contributed by atoms with Gasteiger partial charge in [0.25, 0.3) is 0 Å². The number of fused-ring (bicyclic) bond motifs is 1. The highest BCUT2D eigenvalue weighted by atomic mass is 16.5. The first-order chi connectivity index (χ1) is 4.43. The molecule has 1 heterocycles. The molecular weight excluding hydrogens is 116 g/mol. The third kappa shape index (κ3) is 0.697. The Morgan fingerprint density at radius 1 is 1.67 bits per heavy atom. The van der Waals surface area contributed by atoms with Gasteiger partial charge >= 0.3 is 0 Å². The van der Waals surface area contributed by atoms with Gasteiger partial charge in [0.05, 0.1) is 6.10 Å². The first kappa shape index (κ1) is 5.42. The highest BCUT2D eigenvalue weighted by molar-refractivity contribution is 5.51. The van der Waals surface area contributed by atoms with Gasteiger partial charge < -0.3 is 9.53 Å². The van der Waals surface area contributed by atoms with E-state index in [1.807, 2.05) is 0 Å². The van der Waals surface area contributed by atoms with Crippen LogP contribution in [0.4, 0.5) is 0 Å². The molecule has 0 bridgehead atoms. The van der Waals surface area contributed by atoms with E-state index in [2.05, 4.69) is 0 Å². The maximum absolute atomic E-state index is 10.0. The highest BCUT2D eigenvalue weighted by Gasteiger charge is 2.53. The van der Waals surface area contributed by atoms with Gasteiger partial charge in [-0.25, -0.2) is 0 Å². The van der Waals surface area contributed by atoms with Crippen molar-refractivity contribution in [3.8, 4) is 0 Å². The van der Waals surface area contributed by atoms with Crippen molar-refractivity contribution >= 4 is 6.29 Å². The smallest absolute Gasteiger partial charge is 0.120 e. The Labute approximate surface area is 54.2 Å². The predicted octanol–water partition coefficient (Wildman–Crippen LogP) is 0.610. The van der Waals surface area contributed by atoms with E-state index >= 15 is 0 Å². The molecule has 0 amide bonds. The van der Waals surface area contributed by atoms with Crippen LogP contribution in [0, 0.1) is 11.8 Å². The monoisotopic (exact) mass is 126 g/mol. The molecule has 1 aliphatic carbocycles. The molecule has 0 aromatic carbocycles. The van der Waals surface area contributed by atoms with Crippen molar-refractivity contribution in [2.75, 3.05) is 6.61 Å². The molecule has 2 heteroatoms. The molecule has 1 saturated carbocycles. The molecule has 0 aromatic heterocycles. The van der Waals surface area contributed by atoms with Crippen LogP contribution in [0.1, 0.15) is 12.8 Å². The molecule has 3 unspecified atom stereocenters. The van der Waals surface area contributed by atoms with Gasteiger partial charge in [-0.15, -0.1) is 0 Å². The number of carbonyl (C=O) groups excluding carboxylic acids is 1. The van der Waals surface area contributed by atoms with Crippen molar-refractivity contribution in [3.63, 3.8) is 0 Å². The molecule has 1 saturated heterocycles. The highest BCUT2D eigenvalue weighted by Crippen LogP contribution is 2.50. The number of aldehydes is 1. The SMILES string of the molecule is O=CCC1C2CCOC12. The van der Waals surface area contributed by atoms with Gasteiger partial charge in [0.2, 0.25) is 0 Å². The van der Waals surface area contributed by atoms with Crippen LogP contribution in [0.15, 0.2) is 0 Å². The van der Waals surface area contributed by atoms with Crippen molar-refractivity contribution in [1.82, 2.24) is 0 Å². The molecule has 1 aliphatic heterocycles. The third-order valence-electron chi connectivity index (χ3n) is 2.38. The summed E-state index contributed by atoms with van der Waals surface area (Å²) in [6, 6.07) is 0. The molecule has 2 nitrogen and oxygen atoms in total. The van der Waals surface area contributed by atoms with E-state index in [1.165, 1.54) is 6.42 Å². The summed E-state index contributed by atoms with van der Waals surface area (Å²) in [7, 11) is 0. The first-order valence-electron chi connectivity index (χ1n) is 3.48. The molecule has 0 aromatic rings. The van der Waals surface area contributed by atoms with E-state index in [0.29, 0.717) is 12.0 Å². The molecule has 0 radical (unpaired) electrons. The second-order valence-corrected chi connectivity index (χ2v) is 2.85. The second kappa shape index (κ2) is 1.81. The van der Waals surface area contributed by atoms with E-state index in [1.54, 1.807) is 0 Å². The Balaban J connectivity index is 1.87. The number of ether oxygens (including phenoxy) is 1. The summed E-state index contributed by atoms with van der Waals surface area (Å²) in [6.45, 7) is 0.921. The lowest BCUT2D eigenvalue weighted by Crippen LogP contribution is -1.96. The predicted molar refractivity (Wildman–Crippen MR) is 32.0 cm³/mol. The molecule has 2 fully saturated rings. The normalized spacial score (nSPS) is 46.4. The van der Waals surface area contributed by atoms with E-state index in [9.17, 15) is 4.79 Å². The van der Waals surface area contributed by atoms with Crippen molar-refractivity contribution in [2.45, 2.75) is 18.9 Å². The number of carbonyl (C=O) groups is 1. The molecule has 2 rings (SSSR count). The van der Waals surface area contributed by atoms with Crippen molar-refractivity contribution < 1.29 is 9.53 Å². The summed E-state index contributed by atoms with van der Waals surface area (Å²) in [5, 5.41) is 0. The minimum atomic E-state index is 0.468. The zero-order chi connectivity index (χ0) is 6.27. The summed E-state index contributed by atoms with van der Waals surface area (Å²) in [5.74, 6) is 1.34. The fraction of sp³-hybridized carbons (Fsp3) is 0.857. The number of hydrogen-bond acceptors (Lipinski definition) is 2. The number of rotatable bonds is 2. The van der Waals surface area contributed by atoms with E-state index < -0.39 is 0 Å². The third-order valence-corrected chi connectivity index (χ3v) is 2.38. The fourth-order valence-corrected chi connectivity index (χ4v) is 1.80. The summed E-state index contributed by atoms with van der Waals surface area (Å²) in [5.41, 5.74) is 0. The Hall–Kier alpha value is -0.370. The maximum Gasteiger partial charge on any atom is 0.120 e. The lowest BCUT2D eigenvalue weighted by Gasteiger charge is -1.96. The van der Waals surface area contributed by atoms with Crippen LogP contribution in [0.25, 0.3) is 0 Å². The van der Waals surface area contributed by atoms with Crippen molar-refractivity contribution in [1.29, 1.82) is 0 Å². The molecule has 3 atom stereocenters. The van der Waals surface area contributed by atoms with Crippen LogP contribution >= 0.6 is 0 Å². The van der Waals surface area contributed by atoms with Gasteiger partial charge in [-0.3, -0.25) is 0 Å². The van der Waals surface area contributed by atoms with E-state index in [0.717, 1.165) is 25.2 Å². The van der Waals surface area contributed by atoms with Crippen LogP contribution in [-0.4, -0.2) is 19.0 Å². The largest absolute Gasteiger partial charge is 0.378 e.